The molecule has 0 unspecified atom stereocenters. The van der Waals surface area contributed by atoms with Gasteiger partial charge in [-0.2, -0.15) is 5.10 Å². The molecule has 0 amide bonds. The van der Waals surface area contributed by atoms with E-state index in [0.717, 1.165) is 16.8 Å². The highest BCUT2D eigenvalue weighted by Gasteiger charge is 2.08. The summed E-state index contributed by atoms with van der Waals surface area (Å²) in [5.74, 6) is 0. The number of nitrogens with zero attached hydrogens (tertiary/aromatic N) is 3. The van der Waals surface area contributed by atoms with Crippen LogP contribution < -0.4 is 5.73 Å². The third-order valence-corrected chi connectivity index (χ3v) is 3.08. The average Bonchev–Trinajstić information content (AvgIpc) is 2.65. The standard InChI is InChI=1S/C14H14N4/c1-9-3-5-11(6-4-9)12-7-16-14-13(15)10(2)17-18(14)8-12/h3-8H,15H2,1-2H3. The van der Waals surface area contributed by atoms with E-state index in [9.17, 15) is 0 Å². The number of aryl methyl sites for hydroxylation is 2. The first kappa shape index (κ1) is 10.8. The number of hydrogen-bond donors (Lipinski definition) is 1. The fourth-order valence-electron chi connectivity index (χ4n) is 1.96. The zero-order valence-corrected chi connectivity index (χ0v) is 10.4. The molecule has 0 saturated carbocycles. The number of rotatable bonds is 1. The first-order chi connectivity index (χ1) is 8.65. The summed E-state index contributed by atoms with van der Waals surface area (Å²) in [6.45, 7) is 3.96. The minimum atomic E-state index is 0.644. The van der Waals surface area contributed by atoms with Gasteiger partial charge in [-0.15, -0.1) is 0 Å². The van der Waals surface area contributed by atoms with Gasteiger partial charge >= 0.3 is 0 Å². The molecule has 0 radical (unpaired) electrons. The molecular formula is C14H14N4. The normalized spacial score (nSPS) is 11.0. The lowest BCUT2D eigenvalue weighted by molar-refractivity contribution is 0.919. The summed E-state index contributed by atoms with van der Waals surface area (Å²) < 4.78 is 1.74. The third-order valence-electron chi connectivity index (χ3n) is 3.08. The van der Waals surface area contributed by atoms with Crippen LogP contribution >= 0.6 is 0 Å². The van der Waals surface area contributed by atoms with Crippen molar-refractivity contribution in [3.05, 3.63) is 47.9 Å². The largest absolute Gasteiger partial charge is 0.394 e. The van der Waals surface area contributed by atoms with E-state index in [1.54, 1.807) is 4.52 Å². The predicted molar refractivity (Wildman–Crippen MR) is 72.3 cm³/mol. The highest BCUT2D eigenvalue weighted by Crippen LogP contribution is 2.21. The Morgan fingerprint density at radius 1 is 1.06 bits per heavy atom. The molecule has 0 aliphatic rings. The van der Waals surface area contributed by atoms with Gasteiger partial charge < -0.3 is 5.73 Å². The minimum absolute atomic E-state index is 0.644. The highest BCUT2D eigenvalue weighted by molar-refractivity contribution is 5.70. The Morgan fingerprint density at radius 2 is 1.78 bits per heavy atom. The van der Waals surface area contributed by atoms with Crippen molar-refractivity contribution in [3.8, 4) is 11.1 Å². The van der Waals surface area contributed by atoms with E-state index in [1.807, 2.05) is 19.3 Å². The maximum atomic E-state index is 5.90. The third kappa shape index (κ3) is 1.62. The van der Waals surface area contributed by atoms with Crippen molar-refractivity contribution in [1.29, 1.82) is 0 Å². The van der Waals surface area contributed by atoms with Crippen LogP contribution in [-0.2, 0) is 0 Å². The summed E-state index contributed by atoms with van der Waals surface area (Å²) in [6.07, 6.45) is 3.79. The van der Waals surface area contributed by atoms with Gasteiger partial charge in [-0.1, -0.05) is 29.8 Å². The number of anilines is 1. The molecule has 2 heterocycles. The number of hydrogen-bond acceptors (Lipinski definition) is 3. The molecule has 0 aliphatic heterocycles. The number of benzene rings is 1. The van der Waals surface area contributed by atoms with E-state index in [-0.39, 0.29) is 0 Å². The van der Waals surface area contributed by atoms with Gasteiger partial charge in [-0.25, -0.2) is 9.50 Å². The number of fused-ring (bicyclic) bond motifs is 1. The second kappa shape index (κ2) is 3.84. The Hall–Kier alpha value is -2.36. The SMILES string of the molecule is Cc1ccc(-c2cnc3c(N)c(C)nn3c2)cc1. The van der Waals surface area contributed by atoms with E-state index in [4.69, 9.17) is 5.73 Å². The second-order valence-electron chi connectivity index (χ2n) is 4.48. The number of nitrogen functional groups attached to an aromatic ring is 1. The van der Waals surface area contributed by atoms with Crippen LogP contribution in [0.4, 0.5) is 5.69 Å². The smallest absolute Gasteiger partial charge is 0.178 e. The lowest BCUT2D eigenvalue weighted by Crippen LogP contribution is -1.93. The van der Waals surface area contributed by atoms with E-state index in [1.165, 1.54) is 5.56 Å². The fraction of sp³-hybridized carbons (Fsp3) is 0.143. The lowest BCUT2D eigenvalue weighted by Gasteiger charge is -2.02. The molecule has 2 aromatic heterocycles. The molecular weight excluding hydrogens is 224 g/mol. The molecule has 18 heavy (non-hydrogen) atoms. The van der Waals surface area contributed by atoms with Gasteiger partial charge in [0.25, 0.3) is 0 Å². The molecule has 90 valence electrons. The first-order valence-electron chi connectivity index (χ1n) is 5.82. The van der Waals surface area contributed by atoms with Crippen LogP contribution in [0, 0.1) is 13.8 Å². The Kier molecular flexibility index (Phi) is 2.30. The second-order valence-corrected chi connectivity index (χ2v) is 4.48. The van der Waals surface area contributed by atoms with Crippen LogP contribution in [0.2, 0.25) is 0 Å². The highest BCUT2D eigenvalue weighted by atomic mass is 15.3. The monoisotopic (exact) mass is 238 g/mol. The predicted octanol–water partition coefficient (Wildman–Crippen LogP) is 2.60. The molecule has 0 spiro atoms. The Bertz CT molecular complexity index is 710. The van der Waals surface area contributed by atoms with E-state index in [0.29, 0.717) is 11.3 Å². The molecule has 0 fully saturated rings. The Morgan fingerprint density at radius 3 is 2.50 bits per heavy atom. The number of aromatic nitrogens is 3. The minimum Gasteiger partial charge on any atom is -0.394 e. The molecule has 0 atom stereocenters. The quantitative estimate of drug-likeness (QED) is 0.709. The zero-order valence-electron chi connectivity index (χ0n) is 10.4. The topological polar surface area (TPSA) is 56.2 Å². The molecule has 1 aromatic carbocycles. The molecule has 3 aromatic rings. The molecule has 0 saturated heterocycles. The summed E-state index contributed by atoms with van der Waals surface area (Å²) in [7, 11) is 0. The van der Waals surface area contributed by atoms with Crippen molar-refractivity contribution in [2.24, 2.45) is 0 Å². The van der Waals surface area contributed by atoms with Gasteiger partial charge in [0.05, 0.1) is 5.69 Å². The molecule has 4 nitrogen and oxygen atoms in total. The van der Waals surface area contributed by atoms with Crippen LogP contribution in [0.15, 0.2) is 36.7 Å². The van der Waals surface area contributed by atoms with E-state index >= 15 is 0 Å². The Labute approximate surface area is 105 Å². The summed E-state index contributed by atoms with van der Waals surface area (Å²) in [4.78, 5) is 4.38. The Balaban J connectivity index is 2.16. The van der Waals surface area contributed by atoms with E-state index < -0.39 is 0 Å². The van der Waals surface area contributed by atoms with Gasteiger partial charge in [-0.3, -0.25) is 0 Å². The van der Waals surface area contributed by atoms with Gasteiger partial charge in [-0.05, 0) is 19.4 Å². The lowest BCUT2D eigenvalue weighted by atomic mass is 10.1. The van der Waals surface area contributed by atoms with Crippen LogP contribution in [0.25, 0.3) is 16.8 Å². The first-order valence-corrected chi connectivity index (χ1v) is 5.82. The van der Waals surface area contributed by atoms with Crippen LogP contribution in [0.1, 0.15) is 11.3 Å². The van der Waals surface area contributed by atoms with Crippen molar-refractivity contribution in [1.82, 2.24) is 14.6 Å². The van der Waals surface area contributed by atoms with Crippen molar-refractivity contribution in [2.75, 3.05) is 5.73 Å². The number of nitrogens with two attached hydrogens (primary N) is 1. The average molecular weight is 238 g/mol. The summed E-state index contributed by atoms with van der Waals surface area (Å²) in [5, 5.41) is 4.35. The van der Waals surface area contributed by atoms with Crippen molar-refractivity contribution >= 4 is 11.3 Å². The van der Waals surface area contributed by atoms with Crippen molar-refractivity contribution in [3.63, 3.8) is 0 Å². The maximum absolute atomic E-state index is 5.90. The molecule has 4 heteroatoms. The van der Waals surface area contributed by atoms with Gasteiger partial charge in [0.2, 0.25) is 0 Å². The maximum Gasteiger partial charge on any atom is 0.178 e. The molecule has 2 N–H and O–H groups in total. The fourth-order valence-corrected chi connectivity index (χ4v) is 1.96. The summed E-state index contributed by atoms with van der Waals surface area (Å²) in [6, 6.07) is 8.33. The van der Waals surface area contributed by atoms with Crippen LogP contribution in [-0.4, -0.2) is 14.6 Å². The summed E-state index contributed by atoms with van der Waals surface area (Å²) >= 11 is 0. The van der Waals surface area contributed by atoms with Crippen LogP contribution in [0.5, 0.6) is 0 Å². The van der Waals surface area contributed by atoms with Crippen molar-refractivity contribution < 1.29 is 0 Å². The van der Waals surface area contributed by atoms with Crippen LogP contribution in [0.3, 0.4) is 0 Å². The van der Waals surface area contributed by atoms with Gasteiger partial charge in [0.15, 0.2) is 5.65 Å². The van der Waals surface area contributed by atoms with Gasteiger partial charge in [0.1, 0.15) is 5.69 Å². The molecule has 0 bridgehead atoms. The van der Waals surface area contributed by atoms with E-state index in [2.05, 4.69) is 41.3 Å². The van der Waals surface area contributed by atoms with Gasteiger partial charge in [0, 0.05) is 18.0 Å². The molecule has 0 aliphatic carbocycles. The van der Waals surface area contributed by atoms with Crippen molar-refractivity contribution in [2.45, 2.75) is 13.8 Å². The molecule has 3 rings (SSSR count). The zero-order chi connectivity index (χ0) is 12.7. The summed E-state index contributed by atoms with van der Waals surface area (Å²) in [5.41, 5.74) is 11.5.